The number of rotatable bonds is 4. The second-order valence-electron chi connectivity index (χ2n) is 5.98. The number of aliphatic imine (C=N–C) groups is 1. The fourth-order valence-corrected chi connectivity index (χ4v) is 4.51. The maximum Gasteiger partial charge on any atom is 0.157 e. The Morgan fingerprint density at radius 1 is 1.22 bits per heavy atom. The lowest BCUT2D eigenvalue weighted by Gasteiger charge is -2.27. The van der Waals surface area contributed by atoms with Gasteiger partial charge in [0.25, 0.3) is 0 Å². The van der Waals surface area contributed by atoms with Crippen LogP contribution in [0, 0.1) is 11.8 Å². The standard InChI is InChI=1S/C15H28N2S/c1-4-12(5-2)14-10-16-15(18-14)17-13-8-6-11(3)7-9-13/h11-14H,4-10H2,1-3H3,(H,16,17). The Balaban J connectivity index is 1.75. The Morgan fingerprint density at radius 3 is 2.50 bits per heavy atom. The van der Waals surface area contributed by atoms with Gasteiger partial charge in [-0.3, -0.25) is 4.99 Å². The van der Waals surface area contributed by atoms with Crippen LogP contribution in [0.2, 0.25) is 0 Å². The van der Waals surface area contributed by atoms with Crippen LogP contribution < -0.4 is 5.32 Å². The summed E-state index contributed by atoms with van der Waals surface area (Å²) in [6.07, 6.45) is 8.00. The van der Waals surface area contributed by atoms with Crippen LogP contribution in [0.25, 0.3) is 0 Å². The van der Waals surface area contributed by atoms with Crippen LogP contribution in [0.5, 0.6) is 0 Å². The third kappa shape index (κ3) is 3.66. The van der Waals surface area contributed by atoms with Crippen LogP contribution in [0.15, 0.2) is 4.99 Å². The molecule has 0 bridgehead atoms. The Bertz CT molecular complexity index is 278. The molecule has 1 aliphatic carbocycles. The molecule has 1 atom stereocenters. The molecule has 0 aromatic carbocycles. The van der Waals surface area contributed by atoms with E-state index in [1.807, 2.05) is 11.8 Å². The van der Waals surface area contributed by atoms with Gasteiger partial charge < -0.3 is 5.32 Å². The normalized spacial score (nSPS) is 32.7. The van der Waals surface area contributed by atoms with E-state index >= 15 is 0 Å². The van der Waals surface area contributed by atoms with Gasteiger partial charge in [0.1, 0.15) is 0 Å². The van der Waals surface area contributed by atoms with E-state index in [0.717, 1.165) is 23.6 Å². The summed E-state index contributed by atoms with van der Waals surface area (Å²) in [7, 11) is 0. The molecule has 3 heteroatoms. The zero-order chi connectivity index (χ0) is 13.0. The monoisotopic (exact) mass is 268 g/mol. The van der Waals surface area contributed by atoms with E-state index in [1.54, 1.807) is 0 Å². The minimum atomic E-state index is 0.688. The van der Waals surface area contributed by atoms with Crippen LogP contribution in [0.1, 0.15) is 59.3 Å². The molecule has 0 aromatic heterocycles. The van der Waals surface area contributed by atoms with Gasteiger partial charge in [0.15, 0.2) is 5.17 Å². The molecule has 1 aliphatic heterocycles. The van der Waals surface area contributed by atoms with Crippen molar-refractivity contribution < 1.29 is 0 Å². The molecular weight excluding hydrogens is 240 g/mol. The zero-order valence-electron chi connectivity index (χ0n) is 12.1. The van der Waals surface area contributed by atoms with Gasteiger partial charge in [-0.25, -0.2) is 0 Å². The molecule has 1 fully saturated rings. The highest BCUT2D eigenvalue weighted by Crippen LogP contribution is 2.31. The Hall–Kier alpha value is -0.180. The maximum atomic E-state index is 4.72. The zero-order valence-corrected chi connectivity index (χ0v) is 12.9. The quantitative estimate of drug-likeness (QED) is 0.831. The van der Waals surface area contributed by atoms with Crippen molar-refractivity contribution in [1.29, 1.82) is 0 Å². The lowest BCUT2D eigenvalue weighted by atomic mass is 9.87. The van der Waals surface area contributed by atoms with Gasteiger partial charge in [-0.05, 0) is 37.5 Å². The van der Waals surface area contributed by atoms with Gasteiger partial charge in [-0.15, -0.1) is 0 Å². The van der Waals surface area contributed by atoms with E-state index in [0.29, 0.717) is 6.04 Å². The van der Waals surface area contributed by atoms with Crippen LogP contribution in [0.4, 0.5) is 0 Å². The average molecular weight is 268 g/mol. The summed E-state index contributed by atoms with van der Waals surface area (Å²) in [6, 6.07) is 0.688. The summed E-state index contributed by atoms with van der Waals surface area (Å²) in [6.45, 7) is 8.02. The van der Waals surface area contributed by atoms with Crippen molar-refractivity contribution in [2.24, 2.45) is 16.8 Å². The Kier molecular flexibility index (Phi) is 5.40. The number of thioether (sulfide) groups is 1. The summed E-state index contributed by atoms with van der Waals surface area (Å²) >= 11 is 2.00. The van der Waals surface area contributed by atoms with Crippen molar-refractivity contribution in [2.45, 2.75) is 70.6 Å². The van der Waals surface area contributed by atoms with Gasteiger partial charge in [0.05, 0.1) is 6.54 Å². The first-order valence-corrected chi connectivity index (χ1v) is 8.58. The predicted octanol–water partition coefficient (Wildman–Crippen LogP) is 4.06. The Morgan fingerprint density at radius 2 is 1.89 bits per heavy atom. The van der Waals surface area contributed by atoms with E-state index in [2.05, 4.69) is 26.1 Å². The molecule has 1 heterocycles. The lowest BCUT2D eigenvalue weighted by Crippen LogP contribution is -2.35. The highest BCUT2D eigenvalue weighted by atomic mass is 32.2. The molecule has 0 saturated heterocycles. The van der Waals surface area contributed by atoms with Gasteiger partial charge in [0.2, 0.25) is 0 Å². The summed E-state index contributed by atoms with van der Waals surface area (Å²) in [5, 5.41) is 5.64. The van der Waals surface area contributed by atoms with Crippen molar-refractivity contribution in [3.05, 3.63) is 0 Å². The molecule has 2 rings (SSSR count). The van der Waals surface area contributed by atoms with E-state index in [4.69, 9.17) is 4.99 Å². The van der Waals surface area contributed by atoms with Gasteiger partial charge >= 0.3 is 0 Å². The first-order chi connectivity index (χ1) is 8.72. The van der Waals surface area contributed by atoms with E-state index in [9.17, 15) is 0 Å². The van der Waals surface area contributed by atoms with Crippen LogP contribution in [0.3, 0.4) is 0 Å². The van der Waals surface area contributed by atoms with Crippen LogP contribution in [-0.4, -0.2) is 23.0 Å². The highest BCUT2D eigenvalue weighted by Gasteiger charge is 2.27. The van der Waals surface area contributed by atoms with Crippen LogP contribution in [-0.2, 0) is 0 Å². The van der Waals surface area contributed by atoms with Gasteiger partial charge in [-0.2, -0.15) is 0 Å². The number of nitrogens with one attached hydrogen (secondary N) is 1. The van der Waals surface area contributed by atoms with Crippen molar-refractivity contribution in [3.8, 4) is 0 Å². The van der Waals surface area contributed by atoms with E-state index < -0.39 is 0 Å². The molecule has 0 spiro atoms. The second-order valence-corrected chi connectivity index (χ2v) is 7.21. The third-order valence-corrected chi connectivity index (χ3v) is 5.90. The molecule has 0 amide bonds. The number of amidine groups is 1. The molecule has 104 valence electrons. The van der Waals surface area contributed by atoms with Crippen molar-refractivity contribution in [2.75, 3.05) is 6.54 Å². The molecular formula is C15H28N2S. The van der Waals surface area contributed by atoms with Crippen molar-refractivity contribution >= 4 is 16.9 Å². The smallest absolute Gasteiger partial charge is 0.157 e. The minimum absolute atomic E-state index is 0.688. The molecule has 2 nitrogen and oxygen atoms in total. The average Bonchev–Trinajstić information content (AvgIpc) is 2.82. The number of nitrogens with zero attached hydrogens (tertiary/aromatic N) is 1. The summed E-state index contributed by atoms with van der Waals surface area (Å²) in [4.78, 5) is 4.72. The summed E-state index contributed by atoms with van der Waals surface area (Å²) < 4.78 is 0. The molecule has 1 N–H and O–H groups in total. The fraction of sp³-hybridized carbons (Fsp3) is 0.933. The largest absolute Gasteiger partial charge is 0.362 e. The molecule has 1 saturated carbocycles. The molecule has 0 aromatic rings. The van der Waals surface area contributed by atoms with Crippen molar-refractivity contribution in [3.63, 3.8) is 0 Å². The van der Waals surface area contributed by atoms with Gasteiger partial charge in [-0.1, -0.05) is 45.4 Å². The second kappa shape index (κ2) is 6.83. The fourth-order valence-electron chi connectivity index (χ4n) is 3.11. The molecule has 1 unspecified atom stereocenters. The van der Waals surface area contributed by atoms with Crippen molar-refractivity contribution in [1.82, 2.24) is 5.32 Å². The molecule has 0 radical (unpaired) electrons. The Labute approximate surface area is 116 Å². The topological polar surface area (TPSA) is 24.4 Å². The van der Waals surface area contributed by atoms with Crippen LogP contribution >= 0.6 is 11.8 Å². The highest BCUT2D eigenvalue weighted by molar-refractivity contribution is 8.14. The minimum Gasteiger partial charge on any atom is -0.362 e. The van der Waals surface area contributed by atoms with Gasteiger partial charge in [0, 0.05) is 11.3 Å². The first kappa shape index (κ1) is 14.2. The van der Waals surface area contributed by atoms with E-state index in [1.165, 1.54) is 43.7 Å². The summed E-state index contributed by atoms with van der Waals surface area (Å²) in [5.74, 6) is 1.77. The summed E-state index contributed by atoms with van der Waals surface area (Å²) in [5.41, 5.74) is 0. The number of hydrogen-bond acceptors (Lipinski definition) is 3. The SMILES string of the molecule is CCC(CC)C1CN=C(NC2CCC(C)CC2)S1. The maximum absolute atomic E-state index is 4.72. The first-order valence-electron chi connectivity index (χ1n) is 7.70. The predicted molar refractivity (Wildman–Crippen MR) is 82.3 cm³/mol. The molecule has 18 heavy (non-hydrogen) atoms. The number of hydrogen-bond donors (Lipinski definition) is 1. The van der Waals surface area contributed by atoms with E-state index in [-0.39, 0.29) is 0 Å². The molecule has 2 aliphatic rings. The third-order valence-electron chi connectivity index (χ3n) is 4.60. The lowest BCUT2D eigenvalue weighted by molar-refractivity contribution is 0.332.